The van der Waals surface area contributed by atoms with Gasteiger partial charge in [-0.05, 0) is 33.2 Å². The molecule has 18 heavy (non-hydrogen) atoms. The van der Waals surface area contributed by atoms with E-state index < -0.39 is 5.97 Å². The Morgan fingerprint density at radius 3 is 3.00 bits per heavy atom. The lowest BCUT2D eigenvalue weighted by Crippen LogP contribution is -2.44. The zero-order valence-corrected chi connectivity index (χ0v) is 11.0. The monoisotopic (exact) mass is 251 g/mol. The van der Waals surface area contributed by atoms with Crippen LogP contribution in [0.4, 0.5) is 0 Å². The summed E-state index contributed by atoms with van der Waals surface area (Å²) in [6.07, 6.45) is 6.51. The summed E-state index contributed by atoms with van der Waals surface area (Å²) in [6.45, 7) is 5.75. The van der Waals surface area contributed by atoms with Crippen LogP contribution in [0.2, 0.25) is 0 Å². The summed E-state index contributed by atoms with van der Waals surface area (Å²) in [5.74, 6) is -0.703. The van der Waals surface area contributed by atoms with Crippen molar-refractivity contribution >= 4 is 5.97 Å². The molecule has 100 valence electrons. The third-order valence-electron chi connectivity index (χ3n) is 3.57. The number of piperidine rings is 1. The molecule has 1 aromatic rings. The molecule has 0 saturated carbocycles. The minimum Gasteiger partial charge on any atom is -0.480 e. The lowest BCUT2D eigenvalue weighted by molar-refractivity contribution is -0.144. The molecular formula is C13H21N3O2. The second kappa shape index (κ2) is 5.52. The highest BCUT2D eigenvalue weighted by Gasteiger charge is 2.28. The van der Waals surface area contributed by atoms with Crippen LogP contribution in [-0.2, 0) is 11.3 Å². The van der Waals surface area contributed by atoms with Crippen LogP contribution in [0.5, 0.6) is 0 Å². The molecule has 1 aliphatic heterocycles. The zero-order valence-electron chi connectivity index (χ0n) is 11.0. The number of rotatable bonds is 4. The van der Waals surface area contributed by atoms with Crippen molar-refractivity contribution in [1.82, 2.24) is 14.5 Å². The number of carbonyl (C=O) groups is 1. The Labute approximate surface area is 107 Å². The number of aliphatic carboxylic acids is 1. The number of hydrogen-bond acceptors (Lipinski definition) is 3. The van der Waals surface area contributed by atoms with Crippen LogP contribution in [0.25, 0.3) is 0 Å². The molecule has 1 aliphatic rings. The van der Waals surface area contributed by atoms with Gasteiger partial charge in [-0.3, -0.25) is 9.69 Å². The van der Waals surface area contributed by atoms with Crippen molar-refractivity contribution in [2.24, 2.45) is 0 Å². The largest absolute Gasteiger partial charge is 0.480 e. The van der Waals surface area contributed by atoms with Gasteiger partial charge in [0.15, 0.2) is 0 Å². The quantitative estimate of drug-likeness (QED) is 0.888. The van der Waals surface area contributed by atoms with Crippen LogP contribution >= 0.6 is 0 Å². The number of hydrogen-bond donors (Lipinski definition) is 1. The molecule has 5 nitrogen and oxygen atoms in total. The normalized spacial score (nSPS) is 21.4. The average Bonchev–Trinajstić information content (AvgIpc) is 2.77. The number of nitrogens with zero attached hydrogens (tertiary/aromatic N) is 3. The Bertz CT molecular complexity index is 414. The Hall–Kier alpha value is -1.36. The summed E-state index contributed by atoms with van der Waals surface area (Å²) in [7, 11) is 0. The molecule has 1 saturated heterocycles. The van der Waals surface area contributed by atoms with E-state index in [1.165, 1.54) is 0 Å². The van der Waals surface area contributed by atoms with Gasteiger partial charge in [0, 0.05) is 18.8 Å². The molecule has 1 unspecified atom stereocenters. The zero-order chi connectivity index (χ0) is 13.1. The standard InChI is InChI=1S/C13H21N3O2/c1-10(2)16-9-14-7-11(16)8-15-6-4-3-5-12(15)13(17)18/h7,9-10,12H,3-6,8H2,1-2H3,(H,17,18). The van der Waals surface area contributed by atoms with Gasteiger partial charge in [0.25, 0.3) is 0 Å². The second-order valence-corrected chi connectivity index (χ2v) is 5.21. The number of imidazole rings is 1. The van der Waals surface area contributed by atoms with E-state index in [4.69, 9.17) is 0 Å². The van der Waals surface area contributed by atoms with Crippen LogP contribution in [0.15, 0.2) is 12.5 Å². The summed E-state index contributed by atoms with van der Waals surface area (Å²) in [6, 6.07) is 0.0184. The summed E-state index contributed by atoms with van der Waals surface area (Å²) in [5, 5.41) is 9.25. The smallest absolute Gasteiger partial charge is 0.320 e. The van der Waals surface area contributed by atoms with Gasteiger partial charge >= 0.3 is 5.97 Å². The van der Waals surface area contributed by atoms with Crippen molar-refractivity contribution in [3.8, 4) is 0 Å². The molecule has 1 atom stereocenters. The lowest BCUT2D eigenvalue weighted by atomic mass is 10.0. The van der Waals surface area contributed by atoms with E-state index in [0.29, 0.717) is 12.6 Å². The first-order valence-electron chi connectivity index (χ1n) is 6.57. The SMILES string of the molecule is CC(C)n1cncc1CN1CCCCC1C(=O)O. The number of likely N-dealkylation sites (tertiary alicyclic amines) is 1. The van der Waals surface area contributed by atoms with Gasteiger partial charge < -0.3 is 9.67 Å². The van der Waals surface area contributed by atoms with Crippen molar-refractivity contribution in [1.29, 1.82) is 0 Å². The van der Waals surface area contributed by atoms with Crippen LogP contribution < -0.4 is 0 Å². The Balaban J connectivity index is 2.11. The predicted molar refractivity (Wildman–Crippen MR) is 68.3 cm³/mol. The maximum atomic E-state index is 11.2. The molecule has 1 fully saturated rings. The molecule has 0 aliphatic carbocycles. The fourth-order valence-corrected chi connectivity index (χ4v) is 2.59. The van der Waals surface area contributed by atoms with E-state index in [-0.39, 0.29) is 6.04 Å². The lowest BCUT2D eigenvalue weighted by Gasteiger charge is -2.33. The molecule has 1 N–H and O–H groups in total. The molecule has 0 radical (unpaired) electrons. The summed E-state index contributed by atoms with van der Waals surface area (Å²) in [5.41, 5.74) is 1.10. The van der Waals surface area contributed by atoms with Gasteiger partial charge in [0.2, 0.25) is 0 Å². The van der Waals surface area contributed by atoms with E-state index in [2.05, 4.69) is 28.3 Å². The highest BCUT2D eigenvalue weighted by Crippen LogP contribution is 2.20. The van der Waals surface area contributed by atoms with Gasteiger partial charge in [-0.2, -0.15) is 0 Å². The third-order valence-corrected chi connectivity index (χ3v) is 3.57. The maximum absolute atomic E-state index is 11.2. The van der Waals surface area contributed by atoms with Crippen LogP contribution in [0.3, 0.4) is 0 Å². The minimum atomic E-state index is -0.703. The van der Waals surface area contributed by atoms with Crippen LogP contribution in [0, 0.1) is 0 Å². The van der Waals surface area contributed by atoms with E-state index in [0.717, 1.165) is 31.5 Å². The predicted octanol–water partition coefficient (Wildman–Crippen LogP) is 1.90. The average molecular weight is 251 g/mol. The molecule has 0 spiro atoms. The van der Waals surface area contributed by atoms with Crippen molar-refractivity contribution in [3.05, 3.63) is 18.2 Å². The van der Waals surface area contributed by atoms with Crippen molar-refractivity contribution < 1.29 is 9.90 Å². The third kappa shape index (κ3) is 2.72. The fourth-order valence-electron chi connectivity index (χ4n) is 2.59. The molecule has 0 aromatic carbocycles. The highest BCUT2D eigenvalue weighted by atomic mass is 16.4. The Kier molecular flexibility index (Phi) is 4.01. The van der Waals surface area contributed by atoms with Gasteiger partial charge in [-0.25, -0.2) is 4.98 Å². The number of carboxylic acid groups (broad SMARTS) is 1. The first-order chi connectivity index (χ1) is 8.59. The summed E-state index contributed by atoms with van der Waals surface area (Å²) in [4.78, 5) is 17.5. The number of aromatic nitrogens is 2. The summed E-state index contributed by atoms with van der Waals surface area (Å²) < 4.78 is 2.10. The topological polar surface area (TPSA) is 58.4 Å². The molecule has 2 rings (SSSR count). The van der Waals surface area contributed by atoms with E-state index in [1.54, 1.807) is 0 Å². The molecule has 0 amide bonds. The van der Waals surface area contributed by atoms with Crippen molar-refractivity contribution in [3.63, 3.8) is 0 Å². The summed E-state index contributed by atoms with van der Waals surface area (Å²) >= 11 is 0. The number of carboxylic acids is 1. The maximum Gasteiger partial charge on any atom is 0.320 e. The Morgan fingerprint density at radius 1 is 1.56 bits per heavy atom. The fraction of sp³-hybridized carbons (Fsp3) is 0.692. The van der Waals surface area contributed by atoms with E-state index in [9.17, 15) is 9.90 Å². The molecular weight excluding hydrogens is 230 g/mol. The van der Waals surface area contributed by atoms with E-state index in [1.807, 2.05) is 12.5 Å². The molecule has 5 heteroatoms. The van der Waals surface area contributed by atoms with Crippen LogP contribution in [-0.4, -0.2) is 38.1 Å². The first kappa shape index (κ1) is 13.1. The first-order valence-corrected chi connectivity index (χ1v) is 6.57. The van der Waals surface area contributed by atoms with Gasteiger partial charge in [-0.15, -0.1) is 0 Å². The second-order valence-electron chi connectivity index (χ2n) is 5.21. The van der Waals surface area contributed by atoms with Crippen LogP contribution in [0.1, 0.15) is 44.8 Å². The van der Waals surface area contributed by atoms with Gasteiger partial charge in [0.1, 0.15) is 6.04 Å². The minimum absolute atomic E-state index is 0.339. The van der Waals surface area contributed by atoms with Gasteiger partial charge in [0.05, 0.1) is 12.0 Å². The highest BCUT2D eigenvalue weighted by molar-refractivity contribution is 5.73. The van der Waals surface area contributed by atoms with E-state index >= 15 is 0 Å². The van der Waals surface area contributed by atoms with Gasteiger partial charge in [-0.1, -0.05) is 6.42 Å². The van der Waals surface area contributed by atoms with Crippen molar-refractivity contribution in [2.45, 2.75) is 51.7 Å². The van der Waals surface area contributed by atoms with Crippen molar-refractivity contribution in [2.75, 3.05) is 6.54 Å². The Morgan fingerprint density at radius 2 is 2.33 bits per heavy atom. The molecule has 1 aromatic heterocycles. The molecule has 2 heterocycles. The molecule has 0 bridgehead atoms.